The van der Waals surface area contributed by atoms with Crippen molar-refractivity contribution >= 4 is 27.5 Å². The number of amides is 1. The third-order valence-corrected chi connectivity index (χ3v) is 3.53. The molecule has 0 unspecified atom stereocenters. The lowest BCUT2D eigenvalue weighted by Gasteiger charge is -2.12. The molecule has 0 radical (unpaired) electrons. The van der Waals surface area contributed by atoms with Crippen LogP contribution in [0.4, 0.5) is 5.69 Å². The van der Waals surface area contributed by atoms with Gasteiger partial charge < -0.3 is 10.1 Å². The van der Waals surface area contributed by atoms with E-state index in [1.54, 1.807) is 6.07 Å². The quantitative estimate of drug-likeness (QED) is 0.319. The molecule has 0 saturated carbocycles. The van der Waals surface area contributed by atoms with Gasteiger partial charge in [0.25, 0.3) is 5.91 Å². The summed E-state index contributed by atoms with van der Waals surface area (Å²) in [7, 11) is 0. The first-order valence-electron chi connectivity index (χ1n) is 6.84. The fourth-order valence-corrected chi connectivity index (χ4v) is 2.36. The molecule has 116 valence electrons. The van der Waals surface area contributed by atoms with Crippen molar-refractivity contribution in [1.29, 1.82) is 0 Å². The maximum atomic E-state index is 11.7. The van der Waals surface area contributed by atoms with Crippen LogP contribution in [0.15, 0.2) is 46.9 Å². The van der Waals surface area contributed by atoms with Crippen molar-refractivity contribution < 1.29 is 9.53 Å². The second-order valence-electron chi connectivity index (χ2n) is 4.76. The molecule has 6 heteroatoms. The highest BCUT2D eigenvalue weighted by atomic mass is 79.9. The Morgan fingerprint density at radius 2 is 2.09 bits per heavy atom. The number of benzene rings is 2. The maximum Gasteiger partial charge on any atom is 0.267 e. The highest BCUT2D eigenvalue weighted by Crippen LogP contribution is 2.21. The van der Waals surface area contributed by atoms with E-state index in [4.69, 9.17) is 10.6 Å². The molecule has 0 aliphatic heterocycles. The number of anilines is 1. The number of hydrogen-bond acceptors (Lipinski definition) is 4. The Labute approximate surface area is 138 Å². The molecule has 0 fully saturated rings. The first kappa shape index (κ1) is 16.3. The van der Waals surface area contributed by atoms with Crippen LogP contribution in [0.1, 0.15) is 15.9 Å². The average molecular weight is 364 g/mol. The van der Waals surface area contributed by atoms with Crippen molar-refractivity contribution in [2.24, 2.45) is 5.84 Å². The number of hydrogen-bond donors (Lipinski definition) is 3. The van der Waals surface area contributed by atoms with Crippen molar-refractivity contribution in [3.63, 3.8) is 0 Å². The van der Waals surface area contributed by atoms with E-state index < -0.39 is 0 Å². The summed E-state index contributed by atoms with van der Waals surface area (Å²) in [6, 6.07) is 13.3. The third-order valence-electron chi connectivity index (χ3n) is 3.03. The highest BCUT2D eigenvalue weighted by molar-refractivity contribution is 9.10. The molecule has 4 N–H and O–H groups in total. The monoisotopic (exact) mass is 363 g/mol. The molecule has 0 aromatic heterocycles. The van der Waals surface area contributed by atoms with Gasteiger partial charge in [0.05, 0.1) is 5.56 Å². The van der Waals surface area contributed by atoms with Gasteiger partial charge in [-0.2, -0.15) is 0 Å². The molecule has 0 atom stereocenters. The van der Waals surface area contributed by atoms with Gasteiger partial charge in [0.15, 0.2) is 0 Å². The van der Waals surface area contributed by atoms with E-state index in [-0.39, 0.29) is 5.91 Å². The van der Waals surface area contributed by atoms with Gasteiger partial charge in [-0.25, -0.2) is 5.84 Å². The minimum Gasteiger partial charge on any atom is -0.492 e. The van der Waals surface area contributed by atoms with Crippen LogP contribution in [0, 0.1) is 6.92 Å². The number of nitrogen functional groups attached to an aromatic ring is 1. The molecule has 2 aromatic carbocycles. The van der Waals surface area contributed by atoms with Crippen LogP contribution in [-0.2, 0) is 0 Å². The number of carbonyl (C=O) groups is 1. The number of halogens is 1. The summed E-state index contributed by atoms with van der Waals surface area (Å²) >= 11 is 3.34. The number of nitrogens with two attached hydrogens (primary N) is 1. The summed E-state index contributed by atoms with van der Waals surface area (Å²) in [5.74, 6) is 5.69. The van der Waals surface area contributed by atoms with E-state index in [0.29, 0.717) is 24.4 Å². The molecule has 2 aromatic rings. The topological polar surface area (TPSA) is 76.4 Å². The molecular formula is C16H18BrN3O2. The van der Waals surface area contributed by atoms with Crippen LogP contribution in [0.25, 0.3) is 0 Å². The van der Waals surface area contributed by atoms with Crippen molar-refractivity contribution in [2.45, 2.75) is 6.92 Å². The van der Waals surface area contributed by atoms with Crippen LogP contribution < -0.4 is 21.3 Å². The molecular weight excluding hydrogens is 346 g/mol. The van der Waals surface area contributed by atoms with Gasteiger partial charge in [0, 0.05) is 16.7 Å². The first-order valence-corrected chi connectivity index (χ1v) is 7.63. The van der Waals surface area contributed by atoms with Gasteiger partial charge in [0.2, 0.25) is 0 Å². The number of aryl methyl sites for hydroxylation is 1. The Morgan fingerprint density at radius 1 is 1.27 bits per heavy atom. The Balaban J connectivity index is 1.93. The van der Waals surface area contributed by atoms with Crippen LogP contribution in [0.5, 0.6) is 5.75 Å². The summed E-state index contributed by atoms with van der Waals surface area (Å²) in [6.45, 7) is 3.08. The lowest BCUT2D eigenvalue weighted by molar-refractivity contribution is 0.0954. The Kier molecular flexibility index (Phi) is 5.80. The van der Waals surface area contributed by atoms with Crippen LogP contribution in [0.3, 0.4) is 0 Å². The smallest absolute Gasteiger partial charge is 0.267 e. The zero-order chi connectivity index (χ0) is 15.9. The second-order valence-corrected chi connectivity index (χ2v) is 5.67. The van der Waals surface area contributed by atoms with E-state index in [1.165, 1.54) is 0 Å². The van der Waals surface area contributed by atoms with Gasteiger partial charge in [-0.1, -0.05) is 28.1 Å². The Bertz CT molecular complexity index is 662. The average Bonchev–Trinajstić information content (AvgIpc) is 2.52. The Hall–Kier alpha value is -2.05. The van der Waals surface area contributed by atoms with Crippen molar-refractivity contribution in [3.8, 4) is 5.75 Å². The molecule has 1 amide bonds. The standard InChI is InChI=1S/C16H18BrN3O2/c1-11-3-2-4-13(9-11)22-8-7-19-15-6-5-12(17)10-14(15)16(21)20-18/h2-6,9-10,19H,7-8,18H2,1H3,(H,20,21). The van der Waals surface area contributed by atoms with Crippen molar-refractivity contribution in [2.75, 3.05) is 18.5 Å². The van der Waals surface area contributed by atoms with Gasteiger partial charge in [-0.05, 0) is 42.8 Å². The summed E-state index contributed by atoms with van der Waals surface area (Å²) < 4.78 is 6.47. The number of hydrazine groups is 1. The largest absolute Gasteiger partial charge is 0.492 e. The minimum absolute atomic E-state index is 0.344. The van der Waals surface area contributed by atoms with E-state index in [9.17, 15) is 4.79 Å². The van der Waals surface area contributed by atoms with Crippen molar-refractivity contribution in [3.05, 3.63) is 58.1 Å². The second kappa shape index (κ2) is 7.82. The molecule has 0 aliphatic carbocycles. The van der Waals surface area contributed by atoms with Crippen LogP contribution in [-0.4, -0.2) is 19.1 Å². The van der Waals surface area contributed by atoms with Gasteiger partial charge in [-0.15, -0.1) is 0 Å². The zero-order valence-electron chi connectivity index (χ0n) is 12.2. The molecule has 22 heavy (non-hydrogen) atoms. The number of carbonyl (C=O) groups excluding carboxylic acids is 1. The van der Waals surface area contributed by atoms with Gasteiger partial charge in [0.1, 0.15) is 12.4 Å². The maximum absolute atomic E-state index is 11.7. The Morgan fingerprint density at radius 3 is 2.82 bits per heavy atom. The summed E-state index contributed by atoms with van der Waals surface area (Å²) in [4.78, 5) is 11.7. The third kappa shape index (κ3) is 4.47. The predicted octanol–water partition coefficient (Wildman–Crippen LogP) is 2.85. The summed E-state index contributed by atoms with van der Waals surface area (Å²) in [5, 5.41) is 3.18. The lowest BCUT2D eigenvalue weighted by Crippen LogP contribution is -2.30. The molecule has 0 heterocycles. The number of nitrogens with one attached hydrogen (secondary N) is 2. The van der Waals surface area contributed by atoms with E-state index in [0.717, 1.165) is 15.8 Å². The molecule has 5 nitrogen and oxygen atoms in total. The molecule has 2 rings (SSSR count). The fraction of sp³-hybridized carbons (Fsp3) is 0.188. The predicted molar refractivity (Wildman–Crippen MR) is 91.0 cm³/mol. The summed E-state index contributed by atoms with van der Waals surface area (Å²) in [5.41, 5.74) is 4.48. The van der Waals surface area contributed by atoms with E-state index >= 15 is 0 Å². The van der Waals surface area contributed by atoms with Gasteiger partial charge in [-0.3, -0.25) is 10.2 Å². The fourth-order valence-electron chi connectivity index (χ4n) is 2.00. The zero-order valence-corrected chi connectivity index (χ0v) is 13.8. The lowest BCUT2D eigenvalue weighted by atomic mass is 10.1. The molecule has 0 bridgehead atoms. The van der Waals surface area contributed by atoms with Crippen LogP contribution >= 0.6 is 15.9 Å². The number of rotatable bonds is 6. The van der Waals surface area contributed by atoms with E-state index in [2.05, 4.69) is 26.7 Å². The summed E-state index contributed by atoms with van der Waals surface area (Å²) in [6.07, 6.45) is 0. The van der Waals surface area contributed by atoms with Crippen molar-refractivity contribution in [1.82, 2.24) is 5.43 Å². The number of ether oxygens (including phenoxy) is 1. The molecule has 0 aliphatic rings. The molecule has 0 spiro atoms. The molecule has 0 saturated heterocycles. The SMILES string of the molecule is Cc1cccc(OCCNc2ccc(Br)cc2C(=O)NN)c1. The first-order chi connectivity index (χ1) is 10.6. The van der Waals surface area contributed by atoms with Crippen LogP contribution in [0.2, 0.25) is 0 Å². The highest BCUT2D eigenvalue weighted by Gasteiger charge is 2.10. The van der Waals surface area contributed by atoms with E-state index in [1.807, 2.05) is 43.3 Å². The minimum atomic E-state index is -0.344. The van der Waals surface area contributed by atoms with Gasteiger partial charge >= 0.3 is 0 Å². The normalized spacial score (nSPS) is 10.1.